The van der Waals surface area contributed by atoms with Crippen LogP contribution in [0.15, 0.2) is 36.4 Å². The van der Waals surface area contributed by atoms with Gasteiger partial charge in [-0.05, 0) is 49.2 Å². The van der Waals surface area contributed by atoms with Crippen molar-refractivity contribution in [2.75, 3.05) is 18.6 Å². The Bertz CT molecular complexity index is 946. The number of amides is 1. The first-order valence-corrected chi connectivity index (χ1v) is 8.64. The fourth-order valence-corrected chi connectivity index (χ4v) is 3.20. The summed E-state index contributed by atoms with van der Waals surface area (Å²) in [6.07, 6.45) is 0.00420. The molecule has 2 aromatic carbocycles. The van der Waals surface area contributed by atoms with Gasteiger partial charge in [0.05, 0.1) is 18.7 Å². The lowest BCUT2D eigenvalue weighted by Crippen LogP contribution is -2.26. The van der Waals surface area contributed by atoms with Gasteiger partial charge in [-0.25, -0.2) is 0 Å². The number of hydrogen-bond acceptors (Lipinski definition) is 5. The summed E-state index contributed by atoms with van der Waals surface area (Å²) in [6.45, 7) is 3.85. The van der Waals surface area contributed by atoms with E-state index in [2.05, 4.69) is 0 Å². The number of anilines is 1. The Balaban J connectivity index is 1.79. The van der Waals surface area contributed by atoms with Crippen molar-refractivity contribution in [1.82, 2.24) is 0 Å². The fraction of sp³-hybridized carbons (Fsp3) is 0.286. The van der Waals surface area contributed by atoms with E-state index in [4.69, 9.17) is 14.7 Å². The van der Waals surface area contributed by atoms with Crippen LogP contribution in [0.3, 0.4) is 0 Å². The number of Topliss-reactive ketones (excluding diaryl/α,β-unsaturated/α-hetero) is 1. The maximum atomic E-state index is 12.8. The molecule has 1 atom stereocenters. The number of fused-ring (bicyclic) bond motifs is 1. The molecule has 138 valence electrons. The number of nitrogens with zero attached hydrogens (tertiary/aromatic N) is 2. The Hall–Kier alpha value is -3.33. The molecule has 0 bridgehead atoms. The van der Waals surface area contributed by atoms with Gasteiger partial charge in [0.15, 0.2) is 17.6 Å². The van der Waals surface area contributed by atoms with E-state index in [0.29, 0.717) is 29.2 Å². The second kappa shape index (κ2) is 7.50. The lowest BCUT2D eigenvalue weighted by atomic mass is 10.0. The van der Waals surface area contributed by atoms with Gasteiger partial charge in [0.25, 0.3) is 0 Å². The highest BCUT2D eigenvalue weighted by Crippen LogP contribution is 2.31. The van der Waals surface area contributed by atoms with E-state index in [0.717, 1.165) is 17.7 Å². The summed E-state index contributed by atoms with van der Waals surface area (Å²) < 4.78 is 11.0. The molecule has 6 nitrogen and oxygen atoms in total. The number of benzene rings is 2. The van der Waals surface area contributed by atoms with Crippen molar-refractivity contribution in [3.05, 3.63) is 53.1 Å². The number of ether oxygens (including phenoxy) is 2. The zero-order valence-corrected chi connectivity index (χ0v) is 15.5. The molecule has 1 aliphatic heterocycles. The first-order chi connectivity index (χ1) is 12.9. The smallest absolute Gasteiger partial charge is 0.223 e. The van der Waals surface area contributed by atoms with Gasteiger partial charge < -0.3 is 14.4 Å². The van der Waals surface area contributed by atoms with Crippen LogP contribution in [-0.4, -0.2) is 31.4 Å². The van der Waals surface area contributed by atoms with E-state index in [-0.39, 0.29) is 11.7 Å². The van der Waals surface area contributed by atoms with E-state index in [1.807, 2.05) is 18.2 Å². The van der Waals surface area contributed by atoms with E-state index in [9.17, 15) is 9.59 Å². The van der Waals surface area contributed by atoms with Gasteiger partial charge in [0.1, 0.15) is 0 Å². The van der Waals surface area contributed by atoms with Gasteiger partial charge in [-0.15, -0.1) is 0 Å². The first kappa shape index (κ1) is 18.5. The number of carbonyl (C=O) groups is 2. The van der Waals surface area contributed by atoms with Gasteiger partial charge in [0, 0.05) is 30.8 Å². The highest BCUT2D eigenvalue weighted by Gasteiger charge is 2.25. The molecule has 3 rings (SSSR count). The minimum atomic E-state index is -0.727. The van der Waals surface area contributed by atoms with Crippen molar-refractivity contribution >= 4 is 17.4 Å². The van der Waals surface area contributed by atoms with Crippen LogP contribution >= 0.6 is 0 Å². The van der Waals surface area contributed by atoms with Crippen molar-refractivity contribution in [3.8, 4) is 17.6 Å². The normalized spacial score (nSPS) is 13.5. The van der Waals surface area contributed by atoms with Crippen molar-refractivity contribution in [3.63, 3.8) is 0 Å². The Morgan fingerprint density at radius 1 is 1.19 bits per heavy atom. The molecule has 6 heteroatoms. The largest absolute Gasteiger partial charge is 0.493 e. The summed E-state index contributed by atoms with van der Waals surface area (Å²) in [5, 5.41) is 8.97. The van der Waals surface area contributed by atoms with Crippen LogP contribution in [0.2, 0.25) is 0 Å². The molecule has 2 aromatic rings. The molecule has 0 saturated heterocycles. The molecule has 0 N–H and O–H groups in total. The van der Waals surface area contributed by atoms with Crippen LogP contribution in [0.25, 0.3) is 0 Å². The van der Waals surface area contributed by atoms with Gasteiger partial charge >= 0.3 is 0 Å². The molecule has 0 saturated carbocycles. The second-order valence-electron chi connectivity index (χ2n) is 6.37. The topological polar surface area (TPSA) is 79.6 Å². The quantitative estimate of drug-likeness (QED) is 0.762. The SMILES string of the molecule is COc1cc(C#N)ccc1O[C@H](C)C(=O)c1ccc2c(c1)CCN2C(C)=O. The molecular weight excluding hydrogens is 344 g/mol. The summed E-state index contributed by atoms with van der Waals surface area (Å²) in [7, 11) is 1.48. The molecule has 0 fully saturated rings. The molecule has 1 aliphatic rings. The first-order valence-electron chi connectivity index (χ1n) is 8.64. The van der Waals surface area contributed by atoms with Crippen molar-refractivity contribution in [2.24, 2.45) is 0 Å². The molecule has 0 aromatic heterocycles. The summed E-state index contributed by atoms with van der Waals surface area (Å²) in [4.78, 5) is 26.2. The summed E-state index contributed by atoms with van der Waals surface area (Å²) in [6, 6.07) is 12.2. The lowest BCUT2D eigenvalue weighted by Gasteiger charge is -2.17. The minimum Gasteiger partial charge on any atom is -0.493 e. The van der Waals surface area contributed by atoms with Crippen LogP contribution in [0.1, 0.15) is 35.3 Å². The highest BCUT2D eigenvalue weighted by atomic mass is 16.5. The van der Waals surface area contributed by atoms with E-state index < -0.39 is 6.10 Å². The highest BCUT2D eigenvalue weighted by molar-refractivity contribution is 6.01. The second-order valence-corrected chi connectivity index (χ2v) is 6.37. The van der Waals surface area contributed by atoms with E-state index in [1.54, 1.807) is 36.1 Å². The van der Waals surface area contributed by atoms with Crippen LogP contribution in [0.5, 0.6) is 11.5 Å². The zero-order valence-electron chi connectivity index (χ0n) is 15.5. The number of nitriles is 1. The van der Waals surface area contributed by atoms with E-state index >= 15 is 0 Å². The van der Waals surface area contributed by atoms with E-state index in [1.165, 1.54) is 14.0 Å². The zero-order chi connectivity index (χ0) is 19.6. The van der Waals surface area contributed by atoms with Crippen molar-refractivity contribution in [2.45, 2.75) is 26.4 Å². The third kappa shape index (κ3) is 3.63. The number of carbonyl (C=O) groups excluding carboxylic acids is 2. The van der Waals surface area contributed by atoms with Crippen LogP contribution < -0.4 is 14.4 Å². The van der Waals surface area contributed by atoms with Gasteiger partial charge in [0.2, 0.25) is 11.7 Å². The standard InChI is InChI=1S/C21H20N2O4/c1-13(27-19-7-4-15(12-22)10-20(19)26-3)21(25)17-5-6-18-16(11-17)8-9-23(18)14(2)24/h4-7,10-11,13H,8-9H2,1-3H3/t13-/m1/s1. The molecule has 0 spiro atoms. The van der Waals surface area contributed by atoms with Crippen LogP contribution in [0.4, 0.5) is 5.69 Å². The molecule has 27 heavy (non-hydrogen) atoms. The van der Waals surface area contributed by atoms with Gasteiger partial charge in [-0.1, -0.05) is 0 Å². The Morgan fingerprint density at radius 2 is 1.96 bits per heavy atom. The van der Waals surface area contributed by atoms with Crippen LogP contribution in [-0.2, 0) is 11.2 Å². The van der Waals surface area contributed by atoms with Crippen LogP contribution in [0, 0.1) is 11.3 Å². The predicted molar refractivity (Wildman–Crippen MR) is 100 cm³/mol. The maximum Gasteiger partial charge on any atom is 0.223 e. The molecule has 1 amide bonds. The monoisotopic (exact) mass is 364 g/mol. The minimum absolute atomic E-state index is 0.00237. The number of rotatable bonds is 5. The Morgan fingerprint density at radius 3 is 2.63 bits per heavy atom. The Kier molecular flexibility index (Phi) is 5.13. The van der Waals surface area contributed by atoms with Crippen molar-refractivity contribution in [1.29, 1.82) is 5.26 Å². The van der Waals surface area contributed by atoms with Gasteiger partial charge in [-0.3, -0.25) is 9.59 Å². The summed E-state index contributed by atoms with van der Waals surface area (Å²) in [5.74, 6) is 0.643. The summed E-state index contributed by atoms with van der Waals surface area (Å²) >= 11 is 0. The third-order valence-electron chi connectivity index (χ3n) is 4.61. The molecular formula is C21H20N2O4. The van der Waals surface area contributed by atoms with Crippen molar-refractivity contribution < 1.29 is 19.1 Å². The average Bonchev–Trinajstić information content (AvgIpc) is 3.11. The lowest BCUT2D eigenvalue weighted by molar-refractivity contribution is -0.116. The third-order valence-corrected chi connectivity index (χ3v) is 4.61. The Labute approximate surface area is 157 Å². The predicted octanol–water partition coefficient (Wildman–Crippen LogP) is 3.13. The molecule has 0 aliphatic carbocycles. The number of hydrogen-bond donors (Lipinski definition) is 0. The average molecular weight is 364 g/mol. The molecule has 1 heterocycles. The fourth-order valence-electron chi connectivity index (χ4n) is 3.20. The summed E-state index contributed by atoms with van der Waals surface area (Å²) in [5.41, 5.74) is 2.84. The maximum absolute atomic E-state index is 12.8. The molecule has 0 radical (unpaired) electrons. The number of methoxy groups -OCH3 is 1. The molecule has 0 unspecified atom stereocenters. The number of ketones is 1. The van der Waals surface area contributed by atoms with Gasteiger partial charge in [-0.2, -0.15) is 5.26 Å².